The van der Waals surface area contributed by atoms with Crippen molar-refractivity contribution in [2.75, 3.05) is 13.1 Å². The van der Waals surface area contributed by atoms with Crippen molar-refractivity contribution in [2.24, 2.45) is 10.8 Å². The highest BCUT2D eigenvalue weighted by atomic mass is 16.2. The largest absolute Gasteiger partial charge is 0.350 e. The van der Waals surface area contributed by atoms with Gasteiger partial charge < -0.3 is 15.1 Å². The van der Waals surface area contributed by atoms with Gasteiger partial charge >= 0.3 is 12.1 Å². The molecule has 3 heterocycles. The molecule has 0 aromatic rings. The quantitative estimate of drug-likeness (QED) is 0.270. The number of hydrogen-bond donors (Lipinski definition) is 3. The Bertz CT molecular complexity index is 918. The Kier molecular flexibility index (Phi) is 9.21. The van der Waals surface area contributed by atoms with Crippen molar-refractivity contribution in [3.8, 4) is 0 Å². The molecule has 10 heteroatoms. The van der Waals surface area contributed by atoms with Gasteiger partial charge in [-0.3, -0.25) is 25.0 Å². The van der Waals surface area contributed by atoms with E-state index < -0.39 is 52.8 Å². The average molecular weight is 546 g/mol. The lowest BCUT2D eigenvalue weighted by Gasteiger charge is -2.70. The fourth-order valence-electron chi connectivity index (χ4n) is 7.32. The Morgan fingerprint density at radius 1 is 0.718 bits per heavy atom. The summed E-state index contributed by atoms with van der Waals surface area (Å²) in [5.41, 5.74) is -2.33. The number of imide groups is 2. The number of fused-ring (bicyclic) bond motifs is 1. The molecule has 4 rings (SSSR count). The average Bonchev–Trinajstić information content (AvgIpc) is 3.06. The van der Waals surface area contributed by atoms with Gasteiger partial charge in [-0.1, -0.05) is 84.0 Å². The number of nitrogens with one attached hydrogen (secondary N) is 3. The van der Waals surface area contributed by atoms with E-state index in [1.807, 2.05) is 0 Å². The second kappa shape index (κ2) is 12.3. The number of hydrogen-bond acceptors (Lipinski definition) is 5. The molecule has 1 saturated carbocycles. The number of amides is 7. The van der Waals surface area contributed by atoms with E-state index in [2.05, 4.69) is 22.9 Å². The summed E-state index contributed by atoms with van der Waals surface area (Å²) in [6.45, 7) is 5.97. The minimum absolute atomic E-state index is 0.107. The fourth-order valence-corrected chi connectivity index (χ4v) is 7.32. The molecule has 4 unspecified atom stereocenters. The highest BCUT2D eigenvalue weighted by molar-refractivity contribution is 6.11. The van der Waals surface area contributed by atoms with Crippen LogP contribution in [0, 0.1) is 10.8 Å². The molecule has 4 aliphatic rings. The first-order chi connectivity index (χ1) is 18.7. The summed E-state index contributed by atoms with van der Waals surface area (Å²) in [5, 5.41) is 7.81. The number of unbranched alkanes of at least 4 members (excludes halogenated alkanes) is 12. The molecule has 0 aromatic carbocycles. The summed E-state index contributed by atoms with van der Waals surface area (Å²) < 4.78 is 0. The maximum Gasteiger partial charge on any atom is 0.324 e. The highest BCUT2D eigenvalue weighted by Crippen LogP contribution is 2.63. The SMILES string of the molecule is CCCCCCCCCCCCCCCC(=O)NC1CN2C(=O)NC(=O)C3(C)C2C2N(C1)C(=O)NC(=O)C23C. The summed E-state index contributed by atoms with van der Waals surface area (Å²) in [6, 6.07) is -2.79. The van der Waals surface area contributed by atoms with Gasteiger partial charge in [-0.15, -0.1) is 0 Å². The van der Waals surface area contributed by atoms with Crippen molar-refractivity contribution in [1.29, 1.82) is 0 Å². The predicted molar refractivity (Wildman–Crippen MR) is 147 cm³/mol. The molecule has 4 atom stereocenters. The molecule has 3 N–H and O–H groups in total. The maximum absolute atomic E-state index is 12.9. The summed E-state index contributed by atoms with van der Waals surface area (Å²) in [6.07, 6.45) is 16.5. The van der Waals surface area contributed by atoms with E-state index in [9.17, 15) is 24.0 Å². The topological polar surface area (TPSA) is 128 Å². The van der Waals surface area contributed by atoms with Gasteiger partial charge in [-0.25, -0.2) is 9.59 Å². The van der Waals surface area contributed by atoms with Crippen molar-refractivity contribution >= 4 is 29.8 Å². The van der Waals surface area contributed by atoms with E-state index in [-0.39, 0.29) is 19.0 Å². The molecule has 3 aliphatic heterocycles. The van der Waals surface area contributed by atoms with Crippen LogP contribution in [0.2, 0.25) is 0 Å². The van der Waals surface area contributed by atoms with Crippen molar-refractivity contribution < 1.29 is 24.0 Å². The Hall–Kier alpha value is -2.65. The van der Waals surface area contributed by atoms with E-state index >= 15 is 0 Å². The zero-order chi connectivity index (χ0) is 28.2. The minimum Gasteiger partial charge on any atom is -0.350 e. The van der Waals surface area contributed by atoms with Crippen LogP contribution in [-0.2, 0) is 14.4 Å². The molecule has 39 heavy (non-hydrogen) atoms. The van der Waals surface area contributed by atoms with Gasteiger partial charge in [-0.05, 0) is 20.3 Å². The molecule has 218 valence electrons. The second-order valence-electron chi connectivity index (χ2n) is 12.4. The molecular formula is C29H47N5O5. The van der Waals surface area contributed by atoms with Crippen LogP contribution in [0.1, 0.15) is 111 Å². The summed E-state index contributed by atoms with van der Waals surface area (Å²) >= 11 is 0. The first-order valence-corrected chi connectivity index (χ1v) is 15.2. The monoisotopic (exact) mass is 545 g/mol. The first kappa shape index (κ1) is 29.3. The molecule has 0 spiro atoms. The van der Waals surface area contributed by atoms with Gasteiger partial charge in [0.15, 0.2) is 0 Å². The number of rotatable bonds is 15. The van der Waals surface area contributed by atoms with E-state index in [1.54, 1.807) is 13.8 Å². The van der Waals surface area contributed by atoms with E-state index in [1.165, 1.54) is 74.0 Å². The molecule has 0 radical (unpaired) electrons. The third-order valence-corrected chi connectivity index (χ3v) is 9.85. The molecule has 3 saturated heterocycles. The maximum atomic E-state index is 12.9. The summed E-state index contributed by atoms with van der Waals surface area (Å²) in [7, 11) is 0. The van der Waals surface area contributed by atoms with Gasteiger partial charge in [0.05, 0.1) is 29.0 Å². The van der Waals surface area contributed by atoms with Gasteiger partial charge in [0.25, 0.3) is 0 Å². The van der Waals surface area contributed by atoms with Crippen molar-refractivity contribution in [3.05, 3.63) is 0 Å². The molecular weight excluding hydrogens is 498 g/mol. The van der Waals surface area contributed by atoms with Gasteiger partial charge in [0.1, 0.15) is 0 Å². The van der Waals surface area contributed by atoms with Gasteiger partial charge in [-0.2, -0.15) is 0 Å². The molecule has 0 bridgehead atoms. The molecule has 4 fully saturated rings. The van der Waals surface area contributed by atoms with Crippen molar-refractivity contribution in [1.82, 2.24) is 25.8 Å². The number of carbonyl (C=O) groups is 5. The number of nitrogens with zero attached hydrogens (tertiary/aromatic N) is 2. The number of urea groups is 2. The smallest absolute Gasteiger partial charge is 0.324 e. The van der Waals surface area contributed by atoms with Crippen LogP contribution in [0.4, 0.5) is 9.59 Å². The van der Waals surface area contributed by atoms with Crippen LogP contribution < -0.4 is 16.0 Å². The number of carbonyl (C=O) groups excluding carboxylic acids is 5. The van der Waals surface area contributed by atoms with E-state index in [0.717, 1.165) is 19.3 Å². The molecule has 0 aromatic heterocycles. The van der Waals surface area contributed by atoms with Crippen LogP contribution in [-0.4, -0.2) is 70.8 Å². The standard InChI is InChI=1S/C29H47N5O5/c1-4-5-6-7-8-9-10-11-12-13-14-15-16-17-21(35)30-20-18-33-22-23-29(3,25(37)32-27(39)34(23)19-20)28(22,2)24(36)31-26(33)38/h20,22-23H,4-19H2,1-3H3,(H,30,35)(H,31,36,38)(H,32,37,39). The normalized spacial score (nSPS) is 31.2. The van der Waals surface area contributed by atoms with Crippen LogP contribution in [0.5, 0.6) is 0 Å². The zero-order valence-electron chi connectivity index (χ0n) is 24.0. The third-order valence-electron chi connectivity index (χ3n) is 9.85. The second-order valence-corrected chi connectivity index (χ2v) is 12.4. The van der Waals surface area contributed by atoms with Gasteiger partial charge in [0.2, 0.25) is 17.7 Å². The van der Waals surface area contributed by atoms with Crippen LogP contribution in [0.15, 0.2) is 0 Å². The lowest BCUT2D eigenvalue weighted by atomic mass is 9.42. The Labute approximate surface area is 232 Å². The Balaban J connectivity index is 1.21. The molecule has 7 amide bonds. The lowest BCUT2D eigenvalue weighted by molar-refractivity contribution is -0.209. The van der Waals surface area contributed by atoms with E-state index in [4.69, 9.17) is 0 Å². The Morgan fingerprint density at radius 3 is 1.51 bits per heavy atom. The van der Waals surface area contributed by atoms with Crippen LogP contribution in [0.25, 0.3) is 0 Å². The van der Waals surface area contributed by atoms with Crippen molar-refractivity contribution in [2.45, 2.75) is 129 Å². The first-order valence-electron chi connectivity index (χ1n) is 15.2. The zero-order valence-corrected chi connectivity index (χ0v) is 24.0. The van der Waals surface area contributed by atoms with Gasteiger partial charge in [0, 0.05) is 19.5 Å². The van der Waals surface area contributed by atoms with Crippen LogP contribution in [0.3, 0.4) is 0 Å². The third kappa shape index (κ3) is 5.40. The predicted octanol–water partition coefficient (Wildman–Crippen LogP) is 3.83. The molecule has 1 aliphatic carbocycles. The summed E-state index contributed by atoms with van der Waals surface area (Å²) in [5.74, 6) is -1.10. The van der Waals surface area contributed by atoms with Crippen LogP contribution >= 0.6 is 0 Å². The summed E-state index contributed by atoms with van der Waals surface area (Å²) in [4.78, 5) is 67.3. The lowest BCUT2D eigenvalue weighted by Crippen LogP contribution is -2.90. The minimum atomic E-state index is -1.16. The Morgan fingerprint density at radius 2 is 1.10 bits per heavy atom. The molecule has 10 nitrogen and oxygen atoms in total. The fraction of sp³-hybridized carbons (Fsp3) is 0.828. The highest BCUT2D eigenvalue weighted by Gasteiger charge is 2.81. The van der Waals surface area contributed by atoms with E-state index in [0.29, 0.717) is 6.42 Å². The van der Waals surface area contributed by atoms with Crippen molar-refractivity contribution in [3.63, 3.8) is 0 Å².